The molecule has 0 saturated carbocycles. The van der Waals surface area contributed by atoms with Crippen molar-refractivity contribution in [3.63, 3.8) is 0 Å². The van der Waals surface area contributed by atoms with Crippen LogP contribution in [0.2, 0.25) is 10.0 Å². The van der Waals surface area contributed by atoms with E-state index in [1.165, 1.54) is 4.31 Å². The highest BCUT2D eigenvalue weighted by molar-refractivity contribution is 7.88. The fourth-order valence-electron chi connectivity index (χ4n) is 2.51. The predicted molar refractivity (Wildman–Crippen MR) is 82.5 cm³/mol. The third kappa shape index (κ3) is 3.46. The summed E-state index contributed by atoms with van der Waals surface area (Å²) in [7, 11) is -3.46. The molecule has 1 unspecified atom stereocenters. The number of sulfonamides is 1. The monoisotopic (exact) mass is 336 g/mol. The molecule has 2 N–H and O–H groups in total. The number of nitrogens with zero attached hydrogens (tertiary/aromatic N) is 1. The van der Waals surface area contributed by atoms with Gasteiger partial charge < -0.3 is 5.73 Å². The highest BCUT2D eigenvalue weighted by Gasteiger charge is 2.32. The van der Waals surface area contributed by atoms with Crippen LogP contribution in [0.5, 0.6) is 0 Å². The average Bonchev–Trinajstić information content (AvgIpc) is 2.43. The molecule has 2 rings (SSSR count). The lowest BCUT2D eigenvalue weighted by molar-refractivity contribution is 0.257. The second-order valence-electron chi connectivity index (χ2n) is 4.95. The van der Waals surface area contributed by atoms with Crippen molar-refractivity contribution in [3.05, 3.63) is 33.8 Å². The van der Waals surface area contributed by atoms with Crippen molar-refractivity contribution in [1.29, 1.82) is 0 Å². The average molecular weight is 337 g/mol. The van der Waals surface area contributed by atoms with Crippen LogP contribution in [-0.2, 0) is 15.8 Å². The molecular weight excluding hydrogens is 319 g/mol. The van der Waals surface area contributed by atoms with E-state index >= 15 is 0 Å². The Balaban J connectivity index is 2.26. The maximum atomic E-state index is 12.6. The van der Waals surface area contributed by atoms with Crippen molar-refractivity contribution in [2.75, 3.05) is 13.1 Å². The van der Waals surface area contributed by atoms with Gasteiger partial charge in [-0.1, -0.05) is 35.7 Å². The Kier molecular flexibility index (Phi) is 5.31. The summed E-state index contributed by atoms with van der Waals surface area (Å²) in [5.41, 5.74) is 6.14. The maximum Gasteiger partial charge on any atom is 0.218 e. The molecule has 1 atom stereocenters. The lowest BCUT2D eigenvalue weighted by Crippen LogP contribution is -2.47. The lowest BCUT2D eigenvalue weighted by atomic mass is 10.1. The first-order chi connectivity index (χ1) is 9.45. The summed E-state index contributed by atoms with van der Waals surface area (Å²) in [6, 6.07) is 4.88. The van der Waals surface area contributed by atoms with E-state index in [1.54, 1.807) is 18.2 Å². The van der Waals surface area contributed by atoms with Gasteiger partial charge in [-0.25, -0.2) is 8.42 Å². The van der Waals surface area contributed by atoms with Gasteiger partial charge in [0.1, 0.15) is 0 Å². The van der Waals surface area contributed by atoms with Crippen LogP contribution in [0.1, 0.15) is 24.8 Å². The first-order valence-corrected chi connectivity index (χ1v) is 8.94. The number of piperidine rings is 1. The van der Waals surface area contributed by atoms with Gasteiger partial charge in [0.25, 0.3) is 0 Å². The number of hydrogen-bond acceptors (Lipinski definition) is 3. The minimum absolute atomic E-state index is 0.116. The molecule has 1 saturated heterocycles. The molecule has 1 fully saturated rings. The van der Waals surface area contributed by atoms with Crippen molar-refractivity contribution in [2.24, 2.45) is 5.73 Å². The zero-order valence-electron chi connectivity index (χ0n) is 11.1. The summed E-state index contributed by atoms with van der Waals surface area (Å²) < 4.78 is 26.7. The van der Waals surface area contributed by atoms with Gasteiger partial charge in [0.15, 0.2) is 0 Å². The van der Waals surface area contributed by atoms with Crippen LogP contribution in [-0.4, -0.2) is 31.9 Å². The number of nitrogens with two attached hydrogens (primary N) is 1. The first kappa shape index (κ1) is 16.0. The fourth-order valence-corrected chi connectivity index (χ4v) is 5.10. The van der Waals surface area contributed by atoms with E-state index < -0.39 is 10.0 Å². The Morgan fingerprint density at radius 3 is 2.50 bits per heavy atom. The van der Waals surface area contributed by atoms with Gasteiger partial charge in [-0.05, 0) is 25.0 Å². The van der Waals surface area contributed by atoms with Crippen LogP contribution in [0.15, 0.2) is 18.2 Å². The molecule has 112 valence electrons. The van der Waals surface area contributed by atoms with Crippen LogP contribution in [0.25, 0.3) is 0 Å². The summed E-state index contributed by atoms with van der Waals surface area (Å²) in [6.45, 7) is 0.863. The van der Waals surface area contributed by atoms with Crippen molar-refractivity contribution in [1.82, 2.24) is 4.31 Å². The summed E-state index contributed by atoms with van der Waals surface area (Å²) in [4.78, 5) is 0. The van der Waals surface area contributed by atoms with E-state index in [0.29, 0.717) is 28.7 Å². The molecule has 0 aromatic heterocycles. The third-order valence-electron chi connectivity index (χ3n) is 3.59. The van der Waals surface area contributed by atoms with Crippen LogP contribution < -0.4 is 5.73 Å². The fraction of sp³-hybridized carbons (Fsp3) is 0.538. The van der Waals surface area contributed by atoms with Gasteiger partial charge >= 0.3 is 0 Å². The Morgan fingerprint density at radius 1 is 1.25 bits per heavy atom. The molecule has 0 bridgehead atoms. The molecule has 20 heavy (non-hydrogen) atoms. The van der Waals surface area contributed by atoms with Gasteiger partial charge in [-0.2, -0.15) is 4.31 Å². The molecule has 0 aliphatic carbocycles. The van der Waals surface area contributed by atoms with E-state index in [9.17, 15) is 8.42 Å². The largest absolute Gasteiger partial charge is 0.329 e. The van der Waals surface area contributed by atoms with Gasteiger partial charge in [0.2, 0.25) is 10.0 Å². The Morgan fingerprint density at radius 2 is 1.90 bits per heavy atom. The SMILES string of the molecule is NCC1CCCCN1S(=O)(=O)Cc1c(Cl)cccc1Cl. The van der Waals surface area contributed by atoms with Crippen molar-refractivity contribution in [3.8, 4) is 0 Å². The first-order valence-electron chi connectivity index (χ1n) is 6.58. The van der Waals surface area contributed by atoms with Gasteiger partial charge in [-0.15, -0.1) is 0 Å². The Hall–Kier alpha value is -0.330. The highest BCUT2D eigenvalue weighted by Crippen LogP contribution is 2.29. The standard InChI is InChI=1S/C13H18Cl2N2O2S/c14-12-5-3-6-13(15)11(12)9-20(18,19)17-7-2-1-4-10(17)8-16/h3,5-6,10H,1-2,4,7-9,16H2. The summed E-state index contributed by atoms with van der Waals surface area (Å²) in [6.07, 6.45) is 2.69. The summed E-state index contributed by atoms with van der Waals surface area (Å²) >= 11 is 12.1. The number of hydrogen-bond donors (Lipinski definition) is 1. The van der Waals surface area contributed by atoms with Gasteiger partial charge in [0.05, 0.1) is 5.75 Å². The van der Waals surface area contributed by atoms with Crippen LogP contribution in [0.4, 0.5) is 0 Å². The Bertz CT molecular complexity index is 557. The minimum atomic E-state index is -3.46. The topological polar surface area (TPSA) is 63.4 Å². The molecular formula is C13H18Cl2N2O2S. The van der Waals surface area contributed by atoms with Crippen molar-refractivity contribution < 1.29 is 8.42 Å². The molecule has 0 radical (unpaired) electrons. The lowest BCUT2D eigenvalue weighted by Gasteiger charge is -2.34. The zero-order chi connectivity index (χ0) is 14.8. The van der Waals surface area contributed by atoms with Crippen molar-refractivity contribution >= 4 is 33.2 Å². The molecule has 1 heterocycles. The van der Waals surface area contributed by atoms with E-state index in [0.717, 1.165) is 19.3 Å². The molecule has 4 nitrogen and oxygen atoms in total. The van der Waals surface area contributed by atoms with E-state index in [2.05, 4.69) is 0 Å². The van der Waals surface area contributed by atoms with E-state index in [4.69, 9.17) is 28.9 Å². The molecule has 7 heteroatoms. The van der Waals surface area contributed by atoms with E-state index in [1.807, 2.05) is 0 Å². The predicted octanol–water partition coefficient (Wildman–Crippen LogP) is 2.64. The van der Waals surface area contributed by atoms with Crippen LogP contribution in [0.3, 0.4) is 0 Å². The maximum absolute atomic E-state index is 12.6. The molecule has 0 amide bonds. The van der Waals surface area contributed by atoms with Gasteiger partial charge in [-0.3, -0.25) is 0 Å². The molecule has 1 aliphatic rings. The molecule has 0 spiro atoms. The quantitative estimate of drug-likeness (QED) is 0.919. The highest BCUT2D eigenvalue weighted by atomic mass is 35.5. The van der Waals surface area contributed by atoms with Crippen molar-refractivity contribution in [2.45, 2.75) is 31.1 Å². The Labute approximate surface area is 129 Å². The van der Waals surface area contributed by atoms with Crippen LogP contribution in [0, 0.1) is 0 Å². The number of halogens is 2. The third-order valence-corrected chi connectivity index (χ3v) is 6.15. The second kappa shape index (κ2) is 6.62. The summed E-state index contributed by atoms with van der Waals surface area (Å²) in [5.74, 6) is -0.179. The molecule has 1 aromatic rings. The van der Waals surface area contributed by atoms with Gasteiger partial charge in [0, 0.05) is 34.7 Å². The number of benzene rings is 1. The number of rotatable bonds is 4. The molecule has 1 aliphatic heterocycles. The summed E-state index contributed by atoms with van der Waals surface area (Å²) in [5, 5.41) is 0.754. The van der Waals surface area contributed by atoms with E-state index in [-0.39, 0.29) is 11.8 Å². The van der Waals surface area contributed by atoms with Crippen LogP contribution >= 0.6 is 23.2 Å². The second-order valence-corrected chi connectivity index (χ2v) is 7.69. The smallest absolute Gasteiger partial charge is 0.218 e. The molecule has 1 aromatic carbocycles. The minimum Gasteiger partial charge on any atom is -0.329 e. The normalized spacial score (nSPS) is 21.1. The zero-order valence-corrected chi connectivity index (χ0v) is 13.4.